The highest BCUT2D eigenvalue weighted by atomic mass is 32.2. The van der Waals surface area contributed by atoms with Crippen molar-refractivity contribution in [1.29, 1.82) is 0 Å². The molecule has 1 aliphatic rings. The zero-order valence-corrected chi connectivity index (χ0v) is 14.4. The smallest absolute Gasteiger partial charge is 0.269 e. The van der Waals surface area contributed by atoms with Gasteiger partial charge in [-0.1, -0.05) is 0 Å². The number of anilines is 1. The molecule has 1 aliphatic heterocycles. The van der Waals surface area contributed by atoms with Crippen molar-refractivity contribution >= 4 is 40.1 Å². The van der Waals surface area contributed by atoms with E-state index >= 15 is 0 Å². The van der Waals surface area contributed by atoms with Gasteiger partial charge in [0, 0.05) is 31.5 Å². The van der Waals surface area contributed by atoms with E-state index in [9.17, 15) is 19.7 Å². The molecule has 2 aromatic rings. The minimum absolute atomic E-state index is 0.0427. The Hall–Kier alpha value is -3.01. The quantitative estimate of drug-likeness (QED) is 0.602. The predicted octanol–water partition coefficient (Wildman–Crippen LogP) is 2.58. The number of non-ortho nitro benzene ring substituents is 1. The second-order valence-corrected chi connectivity index (χ2v) is 6.26. The fourth-order valence-corrected chi connectivity index (χ4v) is 3.55. The molecule has 1 aromatic heterocycles. The van der Waals surface area contributed by atoms with Gasteiger partial charge in [-0.2, -0.15) is 10.1 Å². The van der Waals surface area contributed by atoms with Crippen LogP contribution in [0, 0.1) is 17.0 Å². The molecule has 1 aromatic carbocycles. The highest BCUT2D eigenvalue weighted by molar-refractivity contribution is 8.14. The number of nitro groups is 1. The summed E-state index contributed by atoms with van der Waals surface area (Å²) in [5.41, 5.74) is 0.556. The van der Waals surface area contributed by atoms with E-state index in [0.29, 0.717) is 27.3 Å². The van der Waals surface area contributed by atoms with Gasteiger partial charge in [-0.05, 0) is 30.8 Å². The molecule has 9 nitrogen and oxygen atoms in total. The highest BCUT2D eigenvalue weighted by Gasteiger charge is 2.31. The van der Waals surface area contributed by atoms with Gasteiger partial charge in [-0.15, -0.1) is 0 Å². The molecule has 1 amide bonds. The number of hydrogen-bond acceptors (Lipinski definition) is 7. The van der Waals surface area contributed by atoms with Crippen molar-refractivity contribution < 1.29 is 14.5 Å². The van der Waals surface area contributed by atoms with Crippen LogP contribution in [0.3, 0.4) is 0 Å². The van der Waals surface area contributed by atoms with Crippen LogP contribution in [-0.4, -0.2) is 31.3 Å². The average molecular weight is 359 g/mol. The highest BCUT2D eigenvalue weighted by Crippen LogP contribution is 2.38. The average Bonchev–Trinajstić information content (AvgIpc) is 2.89. The van der Waals surface area contributed by atoms with Gasteiger partial charge in [0.15, 0.2) is 5.82 Å². The number of rotatable bonds is 2. The Balaban J connectivity index is 2.09. The third-order valence-electron chi connectivity index (χ3n) is 3.51. The topological polar surface area (TPSA) is 111 Å². The summed E-state index contributed by atoms with van der Waals surface area (Å²) in [4.78, 5) is 38.5. The van der Waals surface area contributed by atoms with Crippen LogP contribution in [0.2, 0.25) is 0 Å². The molecule has 0 fully saturated rings. The first-order chi connectivity index (χ1) is 11.8. The molecule has 0 atom stereocenters. The first kappa shape index (κ1) is 16.8. The van der Waals surface area contributed by atoms with Crippen molar-refractivity contribution in [3.63, 3.8) is 0 Å². The van der Waals surface area contributed by atoms with Crippen molar-refractivity contribution in [2.24, 2.45) is 5.10 Å². The van der Waals surface area contributed by atoms with Gasteiger partial charge in [-0.25, -0.2) is 4.98 Å². The van der Waals surface area contributed by atoms with Gasteiger partial charge < -0.3 is 0 Å². The number of hydrazone groups is 1. The summed E-state index contributed by atoms with van der Waals surface area (Å²) in [6, 6.07) is 5.82. The van der Waals surface area contributed by atoms with Crippen molar-refractivity contribution in [2.75, 3.05) is 5.01 Å². The molecule has 0 unspecified atom stereocenters. The zero-order valence-electron chi connectivity index (χ0n) is 13.6. The van der Waals surface area contributed by atoms with Crippen LogP contribution in [0.4, 0.5) is 11.5 Å². The van der Waals surface area contributed by atoms with Crippen molar-refractivity contribution in [1.82, 2.24) is 9.55 Å². The van der Waals surface area contributed by atoms with Gasteiger partial charge in [0.25, 0.3) is 5.69 Å². The summed E-state index contributed by atoms with van der Waals surface area (Å²) >= 11 is 1.19. The van der Waals surface area contributed by atoms with Crippen LogP contribution < -0.4 is 5.01 Å². The number of fused-ring (bicyclic) bond motifs is 1. The van der Waals surface area contributed by atoms with Crippen molar-refractivity contribution in [2.45, 2.75) is 25.8 Å². The molecule has 2 heterocycles. The van der Waals surface area contributed by atoms with Gasteiger partial charge in [0.1, 0.15) is 15.9 Å². The monoisotopic (exact) mass is 359 g/mol. The Morgan fingerprint density at radius 1 is 1.16 bits per heavy atom. The summed E-state index contributed by atoms with van der Waals surface area (Å²) in [5.74, 6) is 0.175. The molecule has 0 aliphatic carbocycles. The van der Waals surface area contributed by atoms with E-state index in [2.05, 4.69) is 10.1 Å². The maximum absolute atomic E-state index is 12.0. The molecule has 0 bridgehead atoms. The number of hydrogen-bond donors (Lipinski definition) is 0. The summed E-state index contributed by atoms with van der Waals surface area (Å²) in [6.45, 7) is 4.42. The Bertz CT molecular complexity index is 932. The van der Waals surface area contributed by atoms with E-state index in [1.807, 2.05) is 0 Å². The molecule has 0 spiro atoms. The number of aryl methyl sites for hydroxylation is 1. The van der Waals surface area contributed by atoms with Crippen LogP contribution in [0.1, 0.15) is 30.0 Å². The maximum Gasteiger partial charge on any atom is 0.269 e. The normalized spacial score (nSPS) is 13.2. The third kappa shape index (κ3) is 2.91. The first-order valence-corrected chi connectivity index (χ1v) is 8.03. The van der Waals surface area contributed by atoms with E-state index in [1.165, 1.54) is 42.3 Å². The van der Waals surface area contributed by atoms with Crippen molar-refractivity contribution in [3.8, 4) is 0 Å². The minimum atomic E-state index is -0.492. The fourth-order valence-electron chi connectivity index (χ4n) is 2.41. The largest absolute Gasteiger partial charge is 0.274 e. The van der Waals surface area contributed by atoms with Crippen LogP contribution in [0.25, 0.3) is 0 Å². The first-order valence-electron chi connectivity index (χ1n) is 7.22. The molecule has 0 radical (unpaired) electrons. The summed E-state index contributed by atoms with van der Waals surface area (Å²) < 4.78 is 1.41. The van der Waals surface area contributed by atoms with E-state index in [4.69, 9.17) is 0 Å². The van der Waals surface area contributed by atoms with Gasteiger partial charge in [0.2, 0.25) is 11.8 Å². The lowest BCUT2D eigenvalue weighted by molar-refractivity contribution is -0.384. The predicted molar refractivity (Wildman–Crippen MR) is 91.9 cm³/mol. The molecule has 128 valence electrons. The van der Waals surface area contributed by atoms with Gasteiger partial charge in [-0.3, -0.25) is 24.3 Å². The standard InChI is InChI=1S/C15H13N5O4S/c1-8-16-13-15(18(8)9(2)21)25-14(17-19(13)10(3)22)11-4-6-12(7-5-11)20(23)24/h4-7H,1-3H3. The molecule has 10 heteroatoms. The van der Waals surface area contributed by atoms with Gasteiger partial charge in [0.05, 0.1) is 4.92 Å². The number of imidazole rings is 1. The van der Waals surface area contributed by atoms with E-state index in [1.54, 1.807) is 19.1 Å². The maximum atomic E-state index is 12.0. The SMILES string of the molecule is CC(=O)N1N=C(c2ccc([N+](=O)[O-])cc2)Sc2c1nc(C)n2C(C)=O. The summed E-state index contributed by atoms with van der Waals surface area (Å²) in [5, 5.41) is 17.1. The van der Waals surface area contributed by atoms with Crippen LogP contribution in [0.5, 0.6) is 0 Å². The lowest BCUT2D eigenvalue weighted by atomic mass is 10.2. The van der Waals surface area contributed by atoms with Crippen LogP contribution >= 0.6 is 11.8 Å². The number of aromatic nitrogens is 2. The van der Waals surface area contributed by atoms with E-state index < -0.39 is 4.92 Å². The van der Waals surface area contributed by atoms with Gasteiger partial charge >= 0.3 is 0 Å². The molecule has 0 saturated heterocycles. The van der Waals surface area contributed by atoms with E-state index in [-0.39, 0.29) is 17.5 Å². The Labute approximate surface area is 146 Å². The number of nitro benzene ring substituents is 1. The number of carbonyl (C=O) groups is 2. The van der Waals surface area contributed by atoms with Crippen LogP contribution in [-0.2, 0) is 4.79 Å². The van der Waals surface area contributed by atoms with Crippen molar-refractivity contribution in [3.05, 3.63) is 45.8 Å². The molecular weight excluding hydrogens is 346 g/mol. The number of carbonyl (C=O) groups excluding carboxylic acids is 2. The molecule has 0 saturated carbocycles. The Kier molecular flexibility index (Phi) is 4.13. The summed E-state index contributed by atoms with van der Waals surface area (Å²) in [6.07, 6.45) is 0. The van der Waals surface area contributed by atoms with E-state index in [0.717, 1.165) is 5.01 Å². The van der Waals surface area contributed by atoms with Crippen LogP contribution in [0.15, 0.2) is 34.4 Å². The Morgan fingerprint density at radius 3 is 2.32 bits per heavy atom. The Morgan fingerprint density at radius 2 is 1.80 bits per heavy atom. The number of amides is 1. The second-order valence-electron chi connectivity index (χ2n) is 5.28. The zero-order chi connectivity index (χ0) is 18.3. The third-order valence-corrected chi connectivity index (χ3v) is 4.58. The molecule has 3 rings (SSSR count). The second kappa shape index (κ2) is 6.13. The minimum Gasteiger partial charge on any atom is -0.274 e. The number of benzene rings is 1. The summed E-state index contributed by atoms with van der Waals surface area (Å²) in [7, 11) is 0. The molecular formula is C15H13N5O4S. The lowest BCUT2D eigenvalue weighted by Crippen LogP contribution is -2.28. The lowest BCUT2D eigenvalue weighted by Gasteiger charge is -2.21. The molecule has 25 heavy (non-hydrogen) atoms. The fraction of sp³-hybridized carbons (Fsp3) is 0.200. The number of thioether (sulfide) groups is 1. The molecule has 0 N–H and O–H groups in total. The number of nitrogens with zero attached hydrogens (tertiary/aromatic N) is 5.